The minimum atomic E-state index is -3.43. The summed E-state index contributed by atoms with van der Waals surface area (Å²) in [5, 5.41) is 0. The van der Waals surface area contributed by atoms with Crippen molar-refractivity contribution in [3.8, 4) is 0 Å². The van der Waals surface area contributed by atoms with Crippen molar-refractivity contribution in [1.82, 2.24) is 0 Å². The van der Waals surface area contributed by atoms with E-state index in [1.165, 1.54) is 12.1 Å². The van der Waals surface area contributed by atoms with E-state index in [9.17, 15) is 12.8 Å². The average molecular weight is 338 g/mol. The Morgan fingerprint density at radius 3 is 2.44 bits per heavy atom. The summed E-state index contributed by atoms with van der Waals surface area (Å²) in [6, 6.07) is 4.14. The fraction of sp³-hybridized carbons (Fsp3) is 0.500. The Hall–Kier alpha value is -0.620. The fourth-order valence-corrected chi connectivity index (χ4v) is 2.95. The van der Waals surface area contributed by atoms with Crippen LogP contribution >= 0.6 is 15.9 Å². The van der Waals surface area contributed by atoms with E-state index in [1.54, 1.807) is 0 Å². The number of halogens is 2. The molecular weight excluding hydrogens is 321 g/mol. The van der Waals surface area contributed by atoms with Gasteiger partial charge in [-0.3, -0.25) is 4.72 Å². The van der Waals surface area contributed by atoms with E-state index >= 15 is 0 Å². The van der Waals surface area contributed by atoms with Crippen molar-refractivity contribution in [2.24, 2.45) is 5.41 Å². The Kier molecular flexibility index (Phi) is 4.78. The highest BCUT2D eigenvalue weighted by atomic mass is 79.9. The van der Waals surface area contributed by atoms with E-state index in [-0.39, 0.29) is 16.9 Å². The van der Waals surface area contributed by atoms with Crippen molar-refractivity contribution >= 4 is 31.6 Å². The van der Waals surface area contributed by atoms with Crippen molar-refractivity contribution < 1.29 is 12.8 Å². The van der Waals surface area contributed by atoms with Gasteiger partial charge in [-0.15, -0.1) is 0 Å². The second kappa shape index (κ2) is 5.57. The van der Waals surface area contributed by atoms with E-state index in [2.05, 4.69) is 20.7 Å². The molecule has 0 aliphatic carbocycles. The van der Waals surface area contributed by atoms with Crippen LogP contribution in [0.3, 0.4) is 0 Å². The molecule has 1 N–H and O–H groups in total. The standard InChI is InChI=1S/C12H17BrFNO2S/c1-12(2,3)6-7-18(16,17)15-9-4-5-10(13)11(14)8-9/h4-5,8,15H,6-7H2,1-3H3. The number of benzene rings is 1. The van der Waals surface area contributed by atoms with Crippen LogP contribution in [-0.2, 0) is 10.0 Å². The summed E-state index contributed by atoms with van der Waals surface area (Å²) >= 11 is 3.01. The molecule has 0 heterocycles. The summed E-state index contributed by atoms with van der Waals surface area (Å²) in [6.45, 7) is 5.92. The van der Waals surface area contributed by atoms with Crippen LogP contribution < -0.4 is 4.72 Å². The van der Waals surface area contributed by atoms with Crippen molar-refractivity contribution in [3.63, 3.8) is 0 Å². The van der Waals surface area contributed by atoms with Gasteiger partial charge in [-0.1, -0.05) is 20.8 Å². The number of sulfonamides is 1. The number of hydrogen-bond donors (Lipinski definition) is 1. The molecule has 0 radical (unpaired) electrons. The van der Waals surface area contributed by atoms with E-state index in [1.807, 2.05) is 20.8 Å². The van der Waals surface area contributed by atoms with Crippen LogP contribution in [0.15, 0.2) is 22.7 Å². The van der Waals surface area contributed by atoms with Gasteiger partial charge >= 0.3 is 0 Å². The molecule has 0 saturated heterocycles. The minimum absolute atomic E-state index is 0.0220. The Morgan fingerprint density at radius 1 is 1.33 bits per heavy atom. The zero-order chi connectivity index (χ0) is 14.0. The molecule has 1 rings (SSSR count). The first-order valence-corrected chi connectivity index (χ1v) is 7.99. The summed E-state index contributed by atoms with van der Waals surface area (Å²) in [4.78, 5) is 0. The third-order valence-electron chi connectivity index (χ3n) is 2.31. The molecule has 1 aromatic rings. The van der Waals surface area contributed by atoms with Crippen LogP contribution in [0, 0.1) is 11.2 Å². The maximum atomic E-state index is 13.2. The lowest BCUT2D eigenvalue weighted by atomic mass is 9.94. The predicted octanol–water partition coefficient (Wildman–Crippen LogP) is 3.77. The Balaban J connectivity index is 2.74. The third kappa shape index (κ3) is 5.35. The molecule has 0 spiro atoms. The topological polar surface area (TPSA) is 46.2 Å². The molecule has 0 unspecified atom stereocenters. The fourth-order valence-electron chi connectivity index (χ4n) is 1.23. The van der Waals surface area contributed by atoms with Gasteiger partial charge in [0.25, 0.3) is 0 Å². The van der Waals surface area contributed by atoms with Crippen molar-refractivity contribution in [2.75, 3.05) is 10.5 Å². The minimum Gasteiger partial charge on any atom is -0.283 e. The van der Waals surface area contributed by atoms with Gasteiger partial charge in [-0.05, 0) is 46.0 Å². The molecule has 1 aromatic carbocycles. The lowest BCUT2D eigenvalue weighted by Crippen LogP contribution is -2.20. The third-order valence-corrected chi connectivity index (χ3v) is 4.25. The highest BCUT2D eigenvalue weighted by Gasteiger charge is 2.17. The Bertz CT molecular complexity index is 523. The molecule has 0 bridgehead atoms. The second-order valence-electron chi connectivity index (χ2n) is 5.36. The second-order valence-corrected chi connectivity index (χ2v) is 8.06. The number of nitrogens with one attached hydrogen (secondary N) is 1. The van der Waals surface area contributed by atoms with Crippen molar-refractivity contribution in [2.45, 2.75) is 27.2 Å². The Morgan fingerprint density at radius 2 is 1.94 bits per heavy atom. The van der Waals surface area contributed by atoms with Crippen LogP contribution in [-0.4, -0.2) is 14.2 Å². The van der Waals surface area contributed by atoms with Crippen LogP contribution in [0.25, 0.3) is 0 Å². The first-order valence-electron chi connectivity index (χ1n) is 5.55. The number of hydrogen-bond acceptors (Lipinski definition) is 2. The highest BCUT2D eigenvalue weighted by molar-refractivity contribution is 9.10. The van der Waals surface area contributed by atoms with E-state index < -0.39 is 15.8 Å². The van der Waals surface area contributed by atoms with Gasteiger partial charge in [0.2, 0.25) is 10.0 Å². The zero-order valence-corrected chi connectivity index (χ0v) is 13.0. The molecule has 0 saturated carbocycles. The van der Waals surface area contributed by atoms with Gasteiger partial charge in [0.05, 0.1) is 15.9 Å². The molecule has 0 amide bonds. The molecule has 102 valence electrons. The maximum Gasteiger partial charge on any atom is 0.232 e. The quantitative estimate of drug-likeness (QED) is 0.908. The molecule has 3 nitrogen and oxygen atoms in total. The zero-order valence-electron chi connectivity index (χ0n) is 10.6. The normalized spacial score (nSPS) is 12.5. The monoisotopic (exact) mass is 337 g/mol. The van der Waals surface area contributed by atoms with Crippen LogP contribution in [0.4, 0.5) is 10.1 Å². The van der Waals surface area contributed by atoms with Gasteiger partial charge in [-0.25, -0.2) is 12.8 Å². The van der Waals surface area contributed by atoms with Crippen LogP contribution in [0.1, 0.15) is 27.2 Å². The van der Waals surface area contributed by atoms with Crippen LogP contribution in [0.5, 0.6) is 0 Å². The van der Waals surface area contributed by atoms with E-state index in [0.717, 1.165) is 6.07 Å². The SMILES string of the molecule is CC(C)(C)CCS(=O)(=O)Nc1ccc(Br)c(F)c1. The van der Waals surface area contributed by atoms with Crippen molar-refractivity contribution in [1.29, 1.82) is 0 Å². The first-order chi connectivity index (χ1) is 8.09. The van der Waals surface area contributed by atoms with Gasteiger partial charge < -0.3 is 0 Å². The molecular formula is C12H17BrFNO2S. The first kappa shape index (κ1) is 15.4. The van der Waals surface area contributed by atoms with Gasteiger partial charge in [-0.2, -0.15) is 0 Å². The van der Waals surface area contributed by atoms with Gasteiger partial charge in [0.15, 0.2) is 0 Å². The molecule has 0 atom stereocenters. The summed E-state index contributed by atoms with van der Waals surface area (Å²) < 4.78 is 39.5. The number of rotatable bonds is 4. The molecule has 0 aliphatic heterocycles. The summed E-state index contributed by atoms with van der Waals surface area (Å²) in [5.41, 5.74) is 0.185. The lowest BCUT2D eigenvalue weighted by Gasteiger charge is -2.18. The smallest absolute Gasteiger partial charge is 0.232 e. The predicted molar refractivity (Wildman–Crippen MR) is 75.6 cm³/mol. The van der Waals surface area contributed by atoms with Gasteiger partial charge in [0.1, 0.15) is 5.82 Å². The molecule has 0 fully saturated rings. The highest BCUT2D eigenvalue weighted by Crippen LogP contribution is 2.22. The molecule has 18 heavy (non-hydrogen) atoms. The lowest BCUT2D eigenvalue weighted by molar-refractivity contribution is 0.397. The average Bonchev–Trinajstić information content (AvgIpc) is 2.20. The van der Waals surface area contributed by atoms with Crippen LogP contribution in [0.2, 0.25) is 0 Å². The van der Waals surface area contributed by atoms with Gasteiger partial charge in [0, 0.05) is 0 Å². The van der Waals surface area contributed by atoms with E-state index in [0.29, 0.717) is 10.9 Å². The number of anilines is 1. The maximum absolute atomic E-state index is 13.2. The molecule has 0 aromatic heterocycles. The Labute approximate surface area is 116 Å². The largest absolute Gasteiger partial charge is 0.283 e. The van der Waals surface area contributed by atoms with Crippen molar-refractivity contribution in [3.05, 3.63) is 28.5 Å². The summed E-state index contributed by atoms with van der Waals surface area (Å²) in [7, 11) is -3.43. The summed E-state index contributed by atoms with van der Waals surface area (Å²) in [5.74, 6) is -0.472. The molecule has 0 aliphatic rings. The molecule has 6 heteroatoms. The summed E-state index contributed by atoms with van der Waals surface area (Å²) in [6.07, 6.45) is 0.543. The van der Waals surface area contributed by atoms with E-state index in [4.69, 9.17) is 0 Å².